The maximum atomic E-state index is 9.52. The summed E-state index contributed by atoms with van der Waals surface area (Å²) >= 11 is 4.20. The molecule has 5 heavy (non-hydrogen) atoms. The standard InChI is InChI=1S/C2O2S/c3-1-2(5)4-1. The first-order valence-corrected chi connectivity index (χ1v) is 1.47. The predicted molar refractivity (Wildman–Crippen MR) is 18.2 cm³/mol. The smallest absolute Gasteiger partial charge is 0.392 e. The van der Waals surface area contributed by atoms with Gasteiger partial charge in [-0.25, -0.2) is 4.79 Å². The average Bonchev–Trinajstić information content (AvgIpc) is 1.79. The zero-order valence-electron chi connectivity index (χ0n) is 2.22. The van der Waals surface area contributed by atoms with Crippen LogP contribution in [0.5, 0.6) is 0 Å². The molecule has 0 aliphatic heterocycles. The molecule has 0 aromatic carbocycles. The van der Waals surface area contributed by atoms with Crippen molar-refractivity contribution in [1.82, 2.24) is 0 Å². The Labute approximate surface area is 32.7 Å². The lowest BCUT2D eigenvalue weighted by Gasteiger charge is -1.14. The summed E-state index contributed by atoms with van der Waals surface area (Å²) in [6.45, 7) is 0. The highest BCUT2D eigenvalue weighted by molar-refractivity contribution is 7.71. The fourth-order valence-corrected chi connectivity index (χ4v) is 0.134. The van der Waals surface area contributed by atoms with Crippen LogP contribution in [0.15, 0.2) is 9.21 Å². The molecule has 0 saturated carbocycles. The summed E-state index contributed by atoms with van der Waals surface area (Å²) in [5.74, 6) is 0. The van der Waals surface area contributed by atoms with Crippen LogP contribution in [0.3, 0.4) is 0 Å². The van der Waals surface area contributed by atoms with Crippen LogP contribution >= 0.6 is 12.2 Å². The fraction of sp³-hybridized carbons (Fsp3) is 0. The largest absolute Gasteiger partial charge is 0.400 e. The van der Waals surface area contributed by atoms with E-state index in [9.17, 15) is 4.79 Å². The summed E-state index contributed by atoms with van der Waals surface area (Å²) in [5, 5.41) is 0. The van der Waals surface area contributed by atoms with Gasteiger partial charge in [-0.1, -0.05) is 0 Å². The van der Waals surface area contributed by atoms with Crippen LogP contribution in [-0.4, -0.2) is 0 Å². The Morgan fingerprint density at radius 3 is 2.00 bits per heavy atom. The molecule has 0 aliphatic rings. The van der Waals surface area contributed by atoms with Crippen molar-refractivity contribution in [2.45, 2.75) is 0 Å². The monoisotopic (exact) mass is 88.0 g/mol. The van der Waals surface area contributed by atoms with Crippen LogP contribution in [0.1, 0.15) is 0 Å². The third kappa shape index (κ3) is 0.280. The molecule has 0 spiro atoms. The van der Waals surface area contributed by atoms with Crippen LogP contribution in [0.25, 0.3) is 0 Å². The van der Waals surface area contributed by atoms with E-state index in [4.69, 9.17) is 0 Å². The maximum absolute atomic E-state index is 9.52. The van der Waals surface area contributed by atoms with Crippen molar-refractivity contribution in [3.05, 3.63) is 15.1 Å². The van der Waals surface area contributed by atoms with Gasteiger partial charge in [0.05, 0.1) is 0 Å². The fourth-order valence-electron chi connectivity index (χ4n) is 0.0587. The summed E-state index contributed by atoms with van der Waals surface area (Å²) in [5.41, 5.74) is -0.347. The number of hydrogen-bond donors (Lipinski definition) is 0. The van der Waals surface area contributed by atoms with Gasteiger partial charge < -0.3 is 4.42 Å². The van der Waals surface area contributed by atoms with E-state index in [1.807, 2.05) is 0 Å². The van der Waals surface area contributed by atoms with Crippen molar-refractivity contribution in [3.63, 3.8) is 0 Å². The molecule has 0 aliphatic carbocycles. The van der Waals surface area contributed by atoms with Gasteiger partial charge in [0.25, 0.3) is 4.71 Å². The molecule has 3 heteroatoms. The van der Waals surface area contributed by atoms with E-state index in [1.165, 1.54) is 0 Å². The Morgan fingerprint density at radius 2 is 2.00 bits per heavy atom. The number of rotatable bonds is 0. The van der Waals surface area contributed by atoms with Gasteiger partial charge in [-0.3, -0.25) is 0 Å². The Morgan fingerprint density at radius 1 is 1.80 bits per heavy atom. The molecule has 1 aromatic heterocycles. The molecule has 2 nitrogen and oxygen atoms in total. The third-order valence-corrected chi connectivity index (χ3v) is 0.560. The first-order valence-electron chi connectivity index (χ1n) is 1.07. The van der Waals surface area contributed by atoms with E-state index in [0.29, 0.717) is 0 Å². The first-order chi connectivity index (χ1) is 2.30. The van der Waals surface area contributed by atoms with E-state index < -0.39 is 0 Å². The molecule has 0 amide bonds. The molecule has 0 atom stereocenters. The van der Waals surface area contributed by atoms with Gasteiger partial charge in [0.1, 0.15) is 0 Å². The van der Waals surface area contributed by atoms with Gasteiger partial charge in [-0.15, -0.1) is 0 Å². The molecule has 1 aromatic rings. The molecule has 1 heterocycles. The summed E-state index contributed by atoms with van der Waals surface area (Å²) < 4.78 is 4.12. The quantitative estimate of drug-likeness (QED) is 0.426. The van der Waals surface area contributed by atoms with Crippen molar-refractivity contribution in [2.75, 3.05) is 0 Å². The molecule has 0 unspecified atom stereocenters. The van der Waals surface area contributed by atoms with E-state index >= 15 is 0 Å². The molecule has 0 saturated heterocycles. The van der Waals surface area contributed by atoms with Crippen LogP contribution < -0.4 is 5.63 Å². The van der Waals surface area contributed by atoms with Gasteiger partial charge in [0.2, 0.25) is 0 Å². The second kappa shape index (κ2) is 0.542. The lowest BCUT2D eigenvalue weighted by Crippen LogP contribution is -1.64. The summed E-state index contributed by atoms with van der Waals surface area (Å²) in [4.78, 5) is 9.52. The highest BCUT2D eigenvalue weighted by atomic mass is 32.1. The molecule has 0 radical (unpaired) electrons. The predicted octanol–water partition coefficient (Wildman–Crippen LogP) is 0.245. The summed E-state index contributed by atoms with van der Waals surface area (Å²) in [6.07, 6.45) is 0. The Bertz CT molecular complexity index is 158. The zero-order chi connectivity index (χ0) is 3.86. The topological polar surface area (TPSA) is 30.2 Å². The zero-order valence-corrected chi connectivity index (χ0v) is 3.04. The average molecular weight is 88.1 g/mol. The van der Waals surface area contributed by atoms with E-state index in [-0.39, 0.29) is 10.3 Å². The lowest BCUT2D eigenvalue weighted by molar-refractivity contribution is 0.663. The SMILES string of the molecule is O=c1oc1=S. The highest BCUT2D eigenvalue weighted by Crippen LogP contribution is 1.76. The minimum Gasteiger partial charge on any atom is -0.400 e. The van der Waals surface area contributed by atoms with Crippen LogP contribution in [0.4, 0.5) is 0 Å². The first kappa shape index (κ1) is 2.78. The van der Waals surface area contributed by atoms with Gasteiger partial charge >= 0.3 is 5.63 Å². The van der Waals surface area contributed by atoms with Gasteiger partial charge in [-0.05, 0) is 12.2 Å². The van der Waals surface area contributed by atoms with E-state index in [1.54, 1.807) is 0 Å². The second-order valence-electron chi connectivity index (χ2n) is 0.677. The number of hydrogen-bond acceptors (Lipinski definition) is 3. The van der Waals surface area contributed by atoms with E-state index in [2.05, 4.69) is 16.6 Å². The molecule has 0 fully saturated rings. The normalized spacial score (nSPS) is 9.60. The minimum absolute atomic E-state index is 0.116. The molecule has 0 bridgehead atoms. The Kier molecular flexibility index (Phi) is 0.301. The molecule has 1 rings (SSSR count). The summed E-state index contributed by atoms with van der Waals surface area (Å²) in [7, 11) is 0. The minimum atomic E-state index is -0.347. The van der Waals surface area contributed by atoms with Crippen LogP contribution in [-0.2, 0) is 0 Å². The Balaban J connectivity index is 3.70. The molecular weight excluding hydrogens is 88.1 g/mol. The van der Waals surface area contributed by atoms with Gasteiger partial charge in [0, 0.05) is 0 Å². The second-order valence-corrected chi connectivity index (χ2v) is 1.05. The maximum Gasteiger partial charge on any atom is 0.392 e. The van der Waals surface area contributed by atoms with Crippen molar-refractivity contribution >= 4 is 12.2 Å². The van der Waals surface area contributed by atoms with Crippen LogP contribution in [0, 0.1) is 4.71 Å². The molecular formula is C2O2S. The molecule has 26 valence electrons. The van der Waals surface area contributed by atoms with Gasteiger partial charge in [0.15, 0.2) is 0 Å². The van der Waals surface area contributed by atoms with E-state index in [0.717, 1.165) is 0 Å². The lowest BCUT2D eigenvalue weighted by atomic mass is 11.1. The van der Waals surface area contributed by atoms with Crippen molar-refractivity contribution < 1.29 is 4.42 Å². The van der Waals surface area contributed by atoms with Crippen LogP contribution in [0.2, 0.25) is 0 Å². The molecule has 0 N–H and O–H groups in total. The van der Waals surface area contributed by atoms with Crippen molar-refractivity contribution in [3.8, 4) is 0 Å². The highest BCUT2D eigenvalue weighted by Gasteiger charge is 1.96. The van der Waals surface area contributed by atoms with Gasteiger partial charge in [-0.2, -0.15) is 0 Å². The van der Waals surface area contributed by atoms with Crippen molar-refractivity contribution in [1.29, 1.82) is 0 Å². The summed E-state index contributed by atoms with van der Waals surface area (Å²) in [6, 6.07) is 0. The third-order valence-electron chi connectivity index (χ3n) is 0.310. The Hall–Kier alpha value is -0.440. The van der Waals surface area contributed by atoms with Crippen molar-refractivity contribution in [2.24, 2.45) is 0 Å².